The quantitative estimate of drug-likeness (QED) is 0.702. The molecule has 0 saturated heterocycles. The lowest BCUT2D eigenvalue weighted by Gasteiger charge is -2.30. The predicted molar refractivity (Wildman–Crippen MR) is 96.6 cm³/mol. The zero-order valence-corrected chi connectivity index (χ0v) is 16.1. The highest BCUT2D eigenvalue weighted by Gasteiger charge is 2.28. The highest BCUT2D eigenvalue weighted by atomic mass is 19.4. The van der Waals surface area contributed by atoms with Crippen molar-refractivity contribution in [1.82, 2.24) is 5.32 Å². The van der Waals surface area contributed by atoms with Crippen LogP contribution in [0.15, 0.2) is 24.3 Å². The lowest BCUT2D eigenvalue weighted by molar-refractivity contribution is -0.176. The molecule has 5 nitrogen and oxygen atoms in total. The van der Waals surface area contributed by atoms with Crippen molar-refractivity contribution in [2.75, 3.05) is 6.61 Å². The van der Waals surface area contributed by atoms with Gasteiger partial charge in [-0.05, 0) is 43.4 Å². The lowest BCUT2D eigenvalue weighted by atomic mass is 9.86. The summed E-state index contributed by atoms with van der Waals surface area (Å²) in [7, 11) is 0. The van der Waals surface area contributed by atoms with Crippen LogP contribution in [0.3, 0.4) is 0 Å². The largest absolute Gasteiger partial charge is 0.449 e. The Morgan fingerprint density at radius 3 is 2.43 bits per heavy atom. The average Bonchev–Trinajstić information content (AvgIpc) is 2.63. The molecule has 0 spiro atoms. The Labute approximate surface area is 162 Å². The molecule has 1 aromatic rings. The van der Waals surface area contributed by atoms with Crippen molar-refractivity contribution in [3.8, 4) is 0 Å². The lowest BCUT2D eigenvalue weighted by Crippen LogP contribution is -2.45. The van der Waals surface area contributed by atoms with Crippen LogP contribution in [0.4, 0.5) is 13.2 Å². The van der Waals surface area contributed by atoms with Crippen molar-refractivity contribution in [3.63, 3.8) is 0 Å². The number of amides is 1. The van der Waals surface area contributed by atoms with E-state index in [1.807, 2.05) is 0 Å². The van der Waals surface area contributed by atoms with Gasteiger partial charge in [-0.1, -0.05) is 31.9 Å². The van der Waals surface area contributed by atoms with Crippen LogP contribution in [0.1, 0.15) is 55.5 Å². The molecule has 28 heavy (non-hydrogen) atoms. The number of ether oxygens (including phenoxy) is 2. The molecule has 1 amide bonds. The van der Waals surface area contributed by atoms with Crippen LogP contribution in [0.25, 0.3) is 0 Å². The predicted octanol–water partition coefficient (Wildman–Crippen LogP) is 4.01. The maximum Gasteiger partial charge on any atom is 0.411 e. The van der Waals surface area contributed by atoms with Gasteiger partial charge in [-0.25, -0.2) is 4.79 Å². The summed E-state index contributed by atoms with van der Waals surface area (Å²) in [6.07, 6.45) is -1.09. The van der Waals surface area contributed by atoms with E-state index in [1.54, 1.807) is 0 Å². The van der Waals surface area contributed by atoms with E-state index in [2.05, 4.69) is 17.0 Å². The van der Waals surface area contributed by atoms with Crippen molar-refractivity contribution in [2.45, 2.75) is 64.5 Å². The standard InChI is InChI=1S/C20H26F3NO4/c1-13-5-3-4-6-17(13)24-18(25)14(2)28-19(26)16-9-7-15(8-10-16)11-27-12-20(21,22)23/h7-10,13-14,17H,3-6,11-12H2,1-2H3,(H,24,25). The zero-order valence-electron chi connectivity index (χ0n) is 16.1. The Balaban J connectivity index is 1.81. The number of rotatable bonds is 7. The summed E-state index contributed by atoms with van der Waals surface area (Å²) in [5.41, 5.74) is 0.711. The summed E-state index contributed by atoms with van der Waals surface area (Å²) in [6, 6.07) is 5.94. The molecule has 3 unspecified atom stereocenters. The Morgan fingerprint density at radius 2 is 1.82 bits per heavy atom. The van der Waals surface area contributed by atoms with E-state index < -0.39 is 24.9 Å². The first-order valence-corrected chi connectivity index (χ1v) is 9.40. The molecule has 0 aliphatic heterocycles. The van der Waals surface area contributed by atoms with Crippen LogP contribution in [-0.2, 0) is 20.9 Å². The van der Waals surface area contributed by atoms with Gasteiger partial charge in [-0.15, -0.1) is 0 Å². The molecule has 0 aromatic heterocycles. The van der Waals surface area contributed by atoms with E-state index in [-0.39, 0.29) is 24.1 Å². The highest BCUT2D eigenvalue weighted by Crippen LogP contribution is 2.24. The van der Waals surface area contributed by atoms with Crippen molar-refractivity contribution in [1.29, 1.82) is 0 Å². The van der Waals surface area contributed by atoms with E-state index in [4.69, 9.17) is 4.74 Å². The fourth-order valence-corrected chi connectivity index (χ4v) is 3.13. The van der Waals surface area contributed by atoms with Gasteiger partial charge >= 0.3 is 12.1 Å². The molecule has 1 N–H and O–H groups in total. The molecule has 3 atom stereocenters. The normalized spacial score (nSPS) is 21.0. The monoisotopic (exact) mass is 401 g/mol. The highest BCUT2D eigenvalue weighted by molar-refractivity contribution is 5.92. The number of esters is 1. The van der Waals surface area contributed by atoms with Gasteiger partial charge in [0.25, 0.3) is 5.91 Å². The first-order chi connectivity index (χ1) is 13.2. The van der Waals surface area contributed by atoms with Crippen molar-refractivity contribution >= 4 is 11.9 Å². The SMILES string of the molecule is CC(OC(=O)c1ccc(COCC(F)(F)F)cc1)C(=O)NC1CCCCC1C. The molecule has 2 rings (SSSR count). The molecule has 1 fully saturated rings. The summed E-state index contributed by atoms with van der Waals surface area (Å²) in [4.78, 5) is 24.5. The van der Waals surface area contributed by atoms with E-state index >= 15 is 0 Å². The number of hydrogen-bond acceptors (Lipinski definition) is 4. The maximum atomic E-state index is 12.3. The van der Waals surface area contributed by atoms with Gasteiger partial charge in [0.15, 0.2) is 6.10 Å². The molecule has 156 valence electrons. The van der Waals surface area contributed by atoms with Crippen molar-refractivity contribution in [3.05, 3.63) is 35.4 Å². The van der Waals surface area contributed by atoms with Crippen molar-refractivity contribution in [2.24, 2.45) is 5.92 Å². The Morgan fingerprint density at radius 1 is 1.18 bits per heavy atom. The topological polar surface area (TPSA) is 64.6 Å². The molecule has 0 radical (unpaired) electrons. The van der Waals surface area contributed by atoms with Crippen molar-refractivity contribution < 1.29 is 32.2 Å². The van der Waals surface area contributed by atoms with Gasteiger partial charge in [-0.2, -0.15) is 13.2 Å². The van der Waals surface area contributed by atoms with Gasteiger partial charge in [0.2, 0.25) is 0 Å². The van der Waals surface area contributed by atoms with Crippen LogP contribution < -0.4 is 5.32 Å². The van der Waals surface area contributed by atoms with Crippen LogP contribution in [0.5, 0.6) is 0 Å². The third-order valence-corrected chi connectivity index (χ3v) is 4.82. The van der Waals surface area contributed by atoms with E-state index in [0.717, 1.165) is 25.7 Å². The number of benzene rings is 1. The number of carbonyl (C=O) groups excluding carboxylic acids is 2. The average molecular weight is 401 g/mol. The molecule has 0 heterocycles. The fourth-order valence-electron chi connectivity index (χ4n) is 3.13. The smallest absolute Gasteiger partial charge is 0.411 e. The minimum absolute atomic E-state index is 0.0957. The molecular formula is C20H26F3NO4. The Kier molecular flexibility index (Phi) is 7.86. The number of nitrogens with one attached hydrogen (secondary N) is 1. The van der Waals surface area contributed by atoms with Crippen LogP contribution in [0, 0.1) is 5.92 Å². The van der Waals surface area contributed by atoms with E-state index in [1.165, 1.54) is 31.2 Å². The minimum atomic E-state index is -4.38. The summed E-state index contributed by atoms with van der Waals surface area (Å²) in [6.45, 7) is 2.07. The zero-order chi connectivity index (χ0) is 20.7. The molecule has 0 bridgehead atoms. The van der Waals surface area contributed by atoms with Crippen LogP contribution in [0.2, 0.25) is 0 Å². The molecule has 8 heteroatoms. The fraction of sp³-hybridized carbons (Fsp3) is 0.600. The first-order valence-electron chi connectivity index (χ1n) is 9.40. The molecule has 1 saturated carbocycles. The number of hydrogen-bond donors (Lipinski definition) is 1. The summed E-state index contributed by atoms with van der Waals surface area (Å²) in [5.74, 6) is -0.598. The van der Waals surface area contributed by atoms with Crippen LogP contribution in [-0.4, -0.2) is 36.8 Å². The van der Waals surface area contributed by atoms with E-state index in [0.29, 0.717) is 11.5 Å². The summed E-state index contributed by atoms with van der Waals surface area (Å²) >= 11 is 0. The van der Waals surface area contributed by atoms with Gasteiger partial charge in [0, 0.05) is 6.04 Å². The van der Waals surface area contributed by atoms with Gasteiger partial charge in [0.1, 0.15) is 6.61 Å². The number of alkyl halides is 3. The summed E-state index contributed by atoms with van der Waals surface area (Å²) in [5, 5.41) is 2.95. The van der Waals surface area contributed by atoms with Gasteiger partial charge < -0.3 is 14.8 Å². The Hall–Kier alpha value is -2.09. The number of halogens is 3. The molecular weight excluding hydrogens is 375 g/mol. The van der Waals surface area contributed by atoms with Crippen LogP contribution >= 0.6 is 0 Å². The number of carbonyl (C=O) groups is 2. The summed E-state index contributed by atoms with van der Waals surface area (Å²) < 4.78 is 46.0. The third kappa shape index (κ3) is 7.14. The molecule has 1 aliphatic carbocycles. The second kappa shape index (κ2) is 9.91. The molecule has 1 aromatic carbocycles. The second-order valence-electron chi connectivity index (χ2n) is 7.23. The third-order valence-electron chi connectivity index (χ3n) is 4.82. The second-order valence-corrected chi connectivity index (χ2v) is 7.23. The van der Waals surface area contributed by atoms with Gasteiger partial charge in [0.05, 0.1) is 12.2 Å². The first kappa shape index (κ1) is 22.2. The van der Waals surface area contributed by atoms with Gasteiger partial charge in [-0.3, -0.25) is 4.79 Å². The Bertz CT molecular complexity index is 660. The maximum absolute atomic E-state index is 12.3. The molecule has 1 aliphatic rings. The van der Waals surface area contributed by atoms with E-state index in [9.17, 15) is 22.8 Å². The minimum Gasteiger partial charge on any atom is -0.449 e.